The zero-order chi connectivity index (χ0) is 9.14. The summed E-state index contributed by atoms with van der Waals surface area (Å²) in [5, 5.41) is 8.50. The Morgan fingerprint density at radius 3 is 2.67 bits per heavy atom. The summed E-state index contributed by atoms with van der Waals surface area (Å²) in [4.78, 5) is 20.8. The number of aromatic nitrogens is 1. The molecule has 3 N–H and O–H groups in total. The quantitative estimate of drug-likeness (QED) is 0.648. The molecule has 0 aliphatic heterocycles. The van der Waals surface area contributed by atoms with Gasteiger partial charge in [-0.05, 0) is 6.07 Å². The first-order chi connectivity index (χ1) is 5.59. The van der Waals surface area contributed by atoms with Crippen molar-refractivity contribution in [2.45, 2.75) is 6.54 Å². The highest BCUT2D eigenvalue weighted by molar-refractivity contribution is 5.87. The van der Waals surface area contributed by atoms with E-state index in [9.17, 15) is 9.59 Å². The first kappa shape index (κ1) is 8.32. The van der Waals surface area contributed by atoms with Crippen molar-refractivity contribution in [3.63, 3.8) is 0 Å². The smallest absolute Gasteiger partial charge is 0.337 e. The average molecular weight is 168 g/mol. The second-order valence-corrected chi connectivity index (χ2v) is 2.34. The number of aromatic carboxylic acids is 1. The Morgan fingerprint density at radius 2 is 2.25 bits per heavy atom. The van der Waals surface area contributed by atoms with Crippen molar-refractivity contribution in [2.75, 3.05) is 0 Å². The highest BCUT2D eigenvalue weighted by atomic mass is 16.4. The highest BCUT2D eigenvalue weighted by Gasteiger charge is 2.04. The minimum absolute atomic E-state index is 0.00722. The molecule has 0 aliphatic carbocycles. The Labute approximate surface area is 68.4 Å². The molecule has 0 saturated carbocycles. The van der Waals surface area contributed by atoms with E-state index in [0.29, 0.717) is 0 Å². The molecule has 0 aliphatic rings. The Hall–Kier alpha value is -1.78. The Bertz CT molecular complexity index is 316. The number of carbonyl (C=O) groups is 2. The molecule has 0 bridgehead atoms. The molecule has 0 aromatic carbocycles. The minimum Gasteiger partial charge on any atom is -0.478 e. The maximum absolute atomic E-state index is 10.4. The number of nitrogens with two attached hydrogens (primary N) is 1. The minimum atomic E-state index is -1.02. The fraction of sp³-hybridized carbons (Fsp3) is 0.143. The summed E-state index contributed by atoms with van der Waals surface area (Å²) < 4.78 is 1.42. The summed E-state index contributed by atoms with van der Waals surface area (Å²) in [5.41, 5.74) is 5.05. The van der Waals surface area contributed by atoms with Crippen molar-refractivity contribution < 1.29 is 14.7 Å². The molecule has 1 aromatic rings. The van der Waals surface area contributed by atoms with E-state index in [1.54, 1.807) is 0 Å². The second kappa shape index (κ2) is 3.08. The molecule has 1 heterocycles. The lowest BCUT2D eigenvalue weighted by molar-refractivity contribution is -0.118. The zero-order valence-electron chi connectivity index (χ0n) is 6.23. The number of hydrogen-bond acceptors (Lipinski definition) is 2. The summed E-state index contributed by atoms with van der Waals surface area (Å²) in [7, 11) is 0. The van der Waals surface area contributed by atoms with Crippen LogP contribution < -0.4 is 5.73 Å². The van der Waals surface area contributed by atoms with Crippen molar-refractivity contribution in [3.05, 3.63) is 24.0 Å². The van der Waals surface area contributed by atoms with Crippen LogP contribution in [0.2, 0.25) is 0 Å². The van der Waals surface area contributed by atoms with Gasteiger partial charge >= 0.3 is 5.97 Å². The van der Waals surface area contributed by atoms with Crippen LogP contribution in [0, 0.1) is 0 Å². The lowest BCUT2D eigenvalue weighted by Crippen LogP contribution is -2.17. The Kier molecular flexibility index (Phi) is 2.14. The molecule has 0 atom stereocenters. The molecule has 5 nitrogen and oxygen atoms in total. The molecule has 0 spiro atoms. The van der Waals surface area contributed by atoms with Crippen LogP contribution in [0.15, 0.2) is 18.5 Å². The van der Waals surface area contributed by atoms with E-state index in [1.807, 2.05) is 0 Å². The number of carboxylic acid groups (broad SMARTS) is 1. The predicted octanol–water partition coefficient (Wildman–Crippen LogP) is -0.328. The molecule has 0 unspecified atom stereocenters. The van der Waals surface area contributed by atoms with Gasteiger partial charge in [-0.25, -0.2) is 4.79 Å². The zero-order valence-corrected chi connectivity index (χ0v) is 6.23. The van der Waals surface area contributed by atoms with Gasteiger partial charge in [-0.3, -0.25) is 4.79 Å². The summed E-state index contributed by atoms with van der Waals surface area (Å²) >= 11 is 0. The monoisotopic (exact) mass is 168 g/mol. The normalized spacial score (nSPS) is 9.67. The van der Waals surface area contributed by atoms with E-state index in [0.717, 1.165) is 0 Å². The standard InChI is InChI=1S/C7H8N2O3/c8-6(10)4-9-2-1-5(3-9)7(11)12/h1-3H,4H2,(H2,8,10)(H,11,12). The summed E-state index contributed by atoms with van der Waals surface area (Å²) in [6, 6.07) is 1.41. The van der Waals surface area contributed by atoms with Gasteiger partial charge in [0.1, 0.15) is 6.54 Å². The number of hydrogen-bond donors (Lipinski definition) is 2. The Balaban J connectivity index is 2.77. The third kappa shape index (κ3) is 1.85. The van der Waals surface area contributed by atoms with Gasteiger partial charge in [-0.15, -0.1) is 0 Å². The van der Waals surface area contributed by atoms with Gasteiger partial charge in [0.15, 0.2) is 0 Å². The molecular weight excluding hydrogens is 160 g/mol. The van der Waals surface area contributed by atoms with Gasteiger partial charge in [-0.1, -0.05) is 0 Å². The van der Waals surface area contributed by atoms with Gasteiger partial charge in [0, 0.05) is 12.4 Å². The van der Waals surface area contributed by atoms with Crippen molar-refractivity contribution in [1.29, 1.82) is 0 Å². The highest BCUT2D eigenvalue weighted by Crippen LogP contribution is 2.00. The fourth-order valence-corrected chi connectivity index (χ4v) is 0.846. The van der Waals surface area contributed by atoms with Crippen LogP contribution >= 0.6 is 0 Å². The molecule has 64 valence electrons. The Morgan fingerprint density at radius 1 is 1.58 bits per heavy atom. The van der Waals surface area contributed by atoms with E-state index < -0.39 is 11.9 Å². The van der Waals surface area contributed by atoms with Crippen LogP contribution in [0.5, 0.6) is 0 Å². The topological polar surface area (TPSA) is 85.3 Å². The number of amides is 1. The number of rotatable bonds is 3. The van der Waals surface area contributed by atoms with E-state index in [-0.39, 0.29) is 12.1 Å². The van der Waals surface area contributed by atoms with Gasteiger partial charge in [0.2, 0.25) is 5.91 Å². The van der Waals surface area contributed by atoms with E-state index in [1.165, 1.54) is 23.0 Å². The molecule has 1 rings (SSSR count). The maximum Gasteiger partial charge on any atom is 0.337 e. The summed E-state index contributed by atoms with van der Waals surface area (Å²) in [6.07, 6.45) is 2.85. The third-order valence-electron chi connectivity index (χ3n) is 1.34. The second-order valence-electron chi connectivity index (χ2n) is 2.34. The maximum atomic E-state index is 10.4. The molecule has 1 amide bonds. The number of nitrogens with zero attached hydrogens (tertiary/aromatic N) is 1. The van der Waals surface area contributed by atoms with Gasteiger partial charge in [0.05, 0.1) is 5.56 Å². The lowest BCUT2D eigenvalue weighted by atomic mass is 10.4. The number of carbonyl (C=O) groups excluding carboxylic acids is 1. The van der Waals surface area contributed by atoms with Crippen LogP contribution in [0.4, 0.5) is 0 Å². The largest absolute Gasteiger partial charge is 0.478 e. The molecule has 12 heavy (non-hydrogen) atoms. The number of carboxylic acids is 1. The van der Waals surface area contributed by atoms with Crippen LogP contribution in [-0.4, -0.2) is 21.6 Å². The first-order valence-corrected chi connectivity index (χ1v) is 3.27. The van der Waals surface area contributed by atoms with Crippen molar-refractivity contribution in [3.8, 4) is 0 Å². The number of primary amides is 1. The predicted molar refractivity (Wildman–Crippen MR) is 40.6 cm³/mol. The molecule has 0 saturated heterocycles. The average Bonchev–Trinajstić information content (AvgIpc) is 2.34. The van der Waals surface area contributed by atoms with Crippen molar-refractivity contribution >= 4 is 11.9 Å². The van der Waals surface area contributed by atoms with Crippen LogP contribution in [0.25, 0.3) is 0 Å². The van der Waals surface area contributed by atoms with Crippen molar-refractivity contribution in [2.24, 2.45) is 5.73 Å². The summed E-state index contributed by atoms with van der Waals surface area (Å²) in [6.45, 7) is 0.00722. The van der Waals surface area contributed by atoms with Gasteiger partial charge < -0.3 is 15.4 Å². The summed E-state index contributed by atoms with van der Waals surface area (Å²) in [5.74, 6) is -1.51. The SMILES string of the molecule is NC(=O)Cn1ccc(C(=O)O)c1. The van der Waals surface area contributed by atoms with Crippen LogP contribution in [-0.2, 0) is 11.3 Å². The van der Waals surface area contributed by atoms with Gasteiger partial charge in [-0.2, -0.15) is 0 Å². The molecule has 0 radical (unpaired) electrons. The van der Waals surface area contributed by atoms with E-state index in [4.69, 9.17) is 10.8 Å². The van der Waals surface area contributed by atoms with Crippen LogP contribution in [0.3, 0.4) is 0 Å². The van der Waals surface area contributed by atoms with Crippen LogP contribution in [0.1, 0.15) is 10.4 Å². The third-order valence-corrected chi connectivity index (χ3v) is 1.34. The van der Waals surface area contributed by atoms with Gasteiger partial charge in [0.25, 0.3) is 0 Å². The molecule has 1 aromatic heterocycles. The fourth-order valence-electron chi connectivity index (χ4n) is 0.846. The van der Waals surface area contributed by atoms with E-state index in [2.05, 4.69) is 0 Å². The molecule has 0 fully saturated rings. The molecular formula is C7H8N2O3. The van der Waals surface area contributed by atoms with E-state index >= 15 is 0 Å². The van der Waals surface area contributed by atoms with Crippen molar-refractivity contribution in [1.82, 2.24) is 4.57 Å². The first-order valence-electron chi connectivity index (χ1n) is 3.27. The lowest BCUT2D eigenvalue weighted by Gasteiger charge is -1.95. The molecule has 5 heteroatoms.